The van der Waals surface area contributed by atoms with Crippen molar-refractivity contribution in [2.75, 3.05) is 0 Å². The van der Waals surface area contributed by atoms with Crippen LogP contribution < -0.4 is 0 Å². The van der Waals surface area contributed by atoms with Crippen LogP contribution in [-0.2, 0) is 6.42 Å². The first kappa shape index (κ1) is 13.4. The van der Waals surface area contributed by atoms with Crippen molar-refractivity contribution >= 4 is 16.8 Å². The van der Waals surface area contributed by atoms with Crippen LogP contribution in [0, 0.1) is 0 Å². The molecule has 6 heteroatoms. The fraction of sp³-hybridized carbons (Fsp3) is 0.267. The summed E-state index contributed by atoms with van der Waals surface area (Å²) in [7, 11) is 0. The lowest BCUT2D eigenvalue weighted by Gasteiger charge is -2.09. The number of ketones is 1. The van der Waals surface area contributed by atoms with E-state index in [-0.39, 0.29) is 18.2 Å². The summed E-state index contributed by atoms with van der Waals surface area (Å²) in [5, 5.41) is 4.15. The van der Waals surface area contributed by atoms with Crippen LogP contribution in [0.1, 0.15) is 36.1 Å². The molecule has 0 amide bonds. The number of hydrogen-bond donors (Lipinski definition) is 0. The fourth-order valence-electron chi connectivity index (χ4n) is 2.29. The van der Waals surface area contributed by atoms with Gasteiger partial charge in [0, 0.05) is 24.0 Å². The van der Waals surface area contributed by atoms with Gasteiger partial charge in [0.1, 0.15) is 12.2 Å². The molecule has 0 saturated heterocycles. The summed E-state index contributed by atoms with van der Waals surface area (Å²) in [5.41, 5.74) is 1.91. The smallest absolute Gasteiger partial charge is 0.172 e. The highest BCUT2D eigenvalue weighted by atomic mass is 16.1. The molecule has 106 valence electrons. The SMILES string of the molecule is CC(C)n1ncnc1CC(=O)c1cccc2nccnc12. The number of aromatic nitrogens is 5. The van der Waals surface area contributed by atoms with Crippen LogP contribution in [0.15, 0.2) is 36.9 Å². The number of Topliss-reactive ketones (excluding diaryl/α,β-unsaturated/α-hetero) is 1. The highest BCUT2D eigenvalue weighted by Gasteiger charge is 2.16. The van der Waals surface area contributed by atoms with E-state index in [1.165, 1.54) is 6.33 Å². The van der Waals surface area contributed by atoms with Crippen molar-refractivity contribution in [1.29, 1.82) is 0 Å². The number of para-hydroxylation sites is 1. The maximum absolute atomic E-state index is 12.6. The summed E-state index contributed by atoms with van der Waals surface area (Å²) in [6.45, 7) is 4.01. The third-order valence-corrected chi connectivity index (χ3v) is 3.25. The largest absolute Gasteiger partial charge is 0.294 e. The van der Waals surface area contributed by atoms with E-state index >= 15 is 0 Å². The molecular weight excluding hydrogens is 266 g/mol. The van der Waals surface area contributed by atoms with Crippen molar-refractivity contribution in [2.24, 2.45) is 0 Å². The lowest BCUT2D eigenvalue weighted by Crippen LogP contribution is -2.13. The van der Waals surface area contributed by atoms with Gasteiger partial charge in [0.25, 0.3) is 0 Å². The molecule has 0 aliphatic carbocycles. The van der Waals surface area contributed by atoms with E-state index in [1.807, 2.05) is 26.0 Å². The van der Waals surface area contributed by atoms with E-state index in [4.69, 9.17) is 0 Å². The van der Waals surface area contributed by atoms with Crippen LogP contribution in [-0.4, -0.2) is 30.5 Å². The molecule has 0 aliphatic rings. The maximum atomic E-state index is 12.6. The quantitative estimate of drug-likeness (QED) is 0.686. The minimum Gasteiger partial charge on any atom is -0.294 e. The van der Waals surface area contributed by atoms with Gasteiger partial charge in [0.05, 0.1) is 17.5 Å². The number of fused-ring (bicyclic) bond motifs is 1. The van der Waals surface area contributed by atoms with Crippen LogP contribution in [0.5, 0.6) is 0 Å². The molecule has 0 atom stereocenters. The molecule has 0 bridgehead atoms. The summed E-state index contributed by atoms with van der Waals surface area (Å²) in [4.78, 5) is 25.2. The predicted molar refractivity (Wildman–Crippen MR) is 78.0 cm³/mol. The predicted octanol–water partition coefficient (Wildman–Crippen LogP) is 2.23. The van der Waals surface area contributed by atoms with Crippen molar-refractivity contribution < 1.29 is 4.79 Å². The number of carbonyl (C=O) groups is 1. The fourth-order valence-corrected chi connectivity index (χ4v) is 2.29. The van der Waals surface area contributed by atoms with Crippen LogP contribution in [0.2, 0.25) is 0 Å². The minimum absolute atomic E-state index is 0.0315. The average molecular weight is 281 g/mol. The van der Waals surface area contributed by atoms with Gasteiger partial charge in [0.2, 0.25) is 0 Å². The molecule has 1 aromatic carbocycles. The Hall–Kier alpha value is -2.63. The monoisotopic (exact) mass is 281 g/mol. The minimum atomic E-state index is -0.0315. The van der Waals surface area contributed by atoms with Crippen LogP contribution in [0.25, 0.3) is 11.0 Å². The van der Waals surface area contributed by atoms with Crippen LogP contribution in [0.3, 0.4) is 0 Å². The Morgan fingerprint density at radius 1 is 1.19 bits per heavy atom. The Morgan fingerprint density at radius 3 is 2.81 bits per heavy atom. The van der Waals surface area contributed by atoms with Crippen LogP contribution >= 0.6 is 0 Å². The molecule has 0 spiro atoms. The second-order valence-electron chi connectivity index (χ2n) is 5.04. The Balaban J connectivity index is 1.96. The summed E-state index contributed by atoms with van der Waals surface area (Å²) >= 11 is 0. The second kappa shape index (κ2) is 5.40. The summed E-state index contributed by atoms with van der Waals surface area (Å²) in [6, 6.07) is 5.60. The molecule has 0 unspecified atom stereocenters. The molecule has 3 rings (SSSR count). The molecule has 0 fully saturated rings. The van der Waals surface area contributed by atoms with Crippen molar-refractivity contribution in [2.45, 2.75) is 26.3 Å². The van der Waals surface area contributed by atoms with Gasteiger partial charge in [-0.1, -0.05) is 6.07 Å². The Bertz CT molecular complexity index is 788. The van der Waals surface area contributed by atoms with E-state index in [0.29, 0.717) is 22.4 Å². The lowest BCUT2D eigenvalue weighted by atomic mass is 10.1. The van der Waals surface area contributed by atoms with Crippen molar-refractivity contribution in [1.82, 2.24) is 24.7 Å². The number of rotatable bonds is 4. The number of carbonyl (C=O) groups excluding carboxylic acids is 1. The molecule has 3 aromatic rings. The molecule has 21 heavy (non-hydrogen) atoms. The first-order chi connectivity index (χ1) is 10.2. The topological polar surface area (TPSA) is 73.6 Å². The lowest BCUT2D eigenvalue weighted by molar-refractivity contribution is 0.0990. The van der Waals surface area contributed by atoms with Crippen molar-refractivity contribution in [3.8, 4) is 0 Å². The summed E-state index contributed by atoms with van der Waals surface area (Å²) in [6.07, 6.45) is 4.89. The number of benzene rings is 1. The normalized spacial score (nSPS) is 11.2. The first-order valence-electron chi connectivity index (χ1n) is 6.78. The Labute approximate surface area is 121 Å². The highest BCUT2D eigenvalue weighted by molar-refractivity contribution is 6.06. The van der Waals surface area contributed by atoms with E-state index < -0.39 is 0 Å². The van der Waals surface area contributed by atoms with Gasteiger partial charge < -0.3 is 0 Å². The van der Waals surface area contributed by atoms with E-state index in [2.05, 4.69) is 20.1 Å². The molecular formula is C15H15N5O. The Kier molecular flexibility index (Phi) is 3.43. The molecule has 2 heterocycles. The molecule has 0 N–H and O–H groups in total. The third-order valence-electron chi connectivity index (χ3n) is 3.25. The first-order valence-corrected chi connectivity index (χ1v) is 6.78. The van der Waals surface area contributed by atoms with Crippen LogP contribution in [0.4, 0.5) is 0 Å². The van der Waals surface area contributed by atoms with Gasteiger partial charge in [0.15, 0.2) is 5.78 Å². The van der Waals surface area contributed by atoms with Gasteiger partial charge in [-0.2, -0.15) is 5.10 Å². The van der Waals surface area contributed by atoms with Gasteiger partial charge in [-0.15, -0.1) is 0 Å². The van der Waals surface area contributed by atoms with Crippen molar-refractivity contribution in [3.63, 3.8) is 0 Å². The summed E-state index contributed by atoms with van der Waals surface area (Å²) in [5.74, 6) is 0.631. The molecule has 2 aromatic heterocycles. The van der Waals surface area contributed by atoms with E-state index in [0.717, 1.165) is 0 Å². The second-order valence-corrected chi connectivity index (χ2v) is 5.04. The third kappa shape index (κ3) is 2.52. The van der Waals surface area contributed by atoms with Gasteiger partial charge >= 0.3 is 0 Å². The Morgan fingerprint density at radius 2 is 2.00 bits per heavy atom. The molecule has 0 aliphatic heterocycles. The van der Waals surface area contributed by atoms with Gasteiger partial charge in [-0.3, -0.25) is 14.8 Å². The molecule has 0 saturated carbocycles. The maximum Gasteiger partial charge on any atom is 0.172 e. The average Bonchev–Trinajstić information content (AvgIpc) is 2.95. The zero-order valence-electron chi connectivity index (χ0n) is 11.9. The highest BCUT2D eigenvalue weighted by Crippen LogP contribution is 2.16. The molecule has 6 nitrogen and oxygen atoms in total. The van der Waals surface area contributed by atoms with Crippen molar-refractivity contribution in [3.05, 3.63) is 48.3 Å². The molecule has 0 radical (unpaired) electrons. The standard InChI is InChI=1S/C15H15N5O/c1-10(2)20-14(18-9-19-20)8-13(21)11-4-3-5-12-15(11)17-7-6-16-12/h3-7,9-10H,8H2,1-2H3. The number of nitrogens with zero attached hydrogens (tertiary/aromatic N) is 5. The zero-order valence-corrected chi connectivity index (χ0v) is 11.9. The van der Waals surface area contributed by atoms with Gasteiger partial charge in [-0.25, -0.2) is 9.67 Å². The summed E-state index contributed by atoms with van der Waals surface area (Å²) < 4.78 is 1.76. The van der Waals surface area contributed by atoms with E-state index in [1.54, 1.807) is 23.1 Å². The van der Waals surface area contributed by atoms with E-state index in [9.17, 15) is 4.79 Å². The number of hydrogen-bond acceptors (Lipinski definition) is 5. The zero-order chi connectivity index (χ0) is 14.8. The van der Waals surface area contributed by atoms with Gasteiger partial charge in [-0.05, 0) is 26.0 Å².